The van der Waals surface area contributed by atoms with E-state index < -0.39 is 0 Å². The summed E-state index contributed by atoms with van der Waals surface area (Å²) in [5.41, 5.74) is 0. The van der Waals surface area contributed by atoms with Crippen molar-refractivity contribution in [1.29, 1.82) is 0 Å². The Morgan fingerprint density at radius 1 is 1.00 bits per heavy atom. The van der Waals surface area contributed by atoms with Crippen LogP contribution in [0.3, 0.4) is 0 Å². The maximum Gasteiger partial charge on any atom is 0.0907 e. The Kier molecular flexibility index (Phi) is 2.70. The molecule has 0 aromatic carbocycles. The zero-order valence-electron chi connectivity index (χ0n) is 5.29. The number of hydrogen-bond acceptors (Lipinski definition) is 1. The third-order valence-corrected chi connectivity index (χ3v) is 1.05. The van der Waals surface area contributed by atoms with Crippen LogP contribution in [0.25, 0.3) is 0 Å². The van der Waals surface area contributed by atoms with Crippen LogP contribution < -0.4 is 0 Å². The summed E-state index contributed by atoms with van der Waals surface area (Å²) < 4.78 is 5.07. The van der Waals surface area contributed by atoms with E-state index in [2.05, 4.69) is 6.08 Å². The second-order valence-corrected chi connectivity index (χ2v) is 1.80. The van der Waals surface area contributed by atoms with E-state index in [1.54, 1.807) is 6.26 Å². The van der Waals surface area contributed by atoms with Crippen molar-refractivity contribution in [2.75, 3.05) is 6.61 Å². The van der Waals surface area contributed by atoms with E-state index in [0.29, 0.717) is 0 Å². The first-order valence-electron chi connectivity index (χ1n) is 3.10. The Hall–Kier alpha value is -0.980. The fraction of sp³-hybridized carbons (Fsp3) is 0.250. The van der Waals surface area contributed by atoms with E-state index in [4.69, 9.17) is 4.74 Å². The molecule has 1 aliphatic heterocycles. The van der Waals surface area contributed by atoms with Gasteiger partial charge < -0.3 is 4.74 Å². The minimum absolute atomic E-state index is 0.786. The van der Waals surface area contributed by atoms with Crippen LogP contribution in [0, 0.1) is 0 Å². The molecule has 1 heterocycles. The molecule has 9 heavy (non-hydrogen) atoms. The Balaban J connectivity index is 2.45. The summed E-state index contributed by atoms with van der Waals surface area (Å²) >= 11 is 0. The first-order valence-corrected chi connectivity index (χ1v) is 3.10. The van der Waals surface area contributed by atoms with Crippen molar-refractivity contribution in [1.82, 2.24) is 0 Å². The Labute approximate surface area is 55.3 Å². The molecule has 0 bridgehead atoms. The zero-order valence-corrected chi connectivity index (χ0v) is 5.29. The predicted octanol–water partition coefficient (Wildman–Crippen LogP) is 2.03. The lowest BCUT2D eigenvalue weighted by Crippen LogP contribution is -1.81. The maximum atomic E-state index is 5.07. The molecule has 0 aromatic heterocycles. The molecule has 1 aliphatic rings. The summed E-state index contributed by atoms with van der Waals surface area (Å²) in [6.45, 7) is 0.786. The van der Waals surface area contributed by atoms with Gasteiger partial charge in [0.15, 0.2) is 0 Å². The highest BCUT2D eigenvalue weighted by Crippen LogP contribution is 1.91. The molecule has 1 heteroatoms. The summed E-state index contributed by atoms with van der Waals surface area (Å²) in [6.07, 6.45) is 12.6. The SMILES string of the molecule is C1=C\C=C/OCC\C=C/1. The van der Waals surface area contributed by atoms with Gasteiger partial charge in [0.1, 0.15) is 0 Å². The van der Waals surface area contributed by atoms with Crippen molar-refractivity contribution in [3.05, 3.63) is 36.6 Å². The molecule has 0 spiro atoms. The summed E-state index contributed by atoms with van der Waals surface area (Å²) in [5, 5.41) is 0. The summed E-state index contributed by atoms with van der Waals surface area (Å²) in [4.78, 5) is 0. The van der Waals surface area contributed by atoms with E-state index in [-0.39, 0.29) is 0 Å². The quantitative estimate of drug-likeness (QED) is 0.477. The highest BCUT2D eigenvalue weighted by Gasteiger charge is 1.78. The van der Waals surface area contributed by atoms with Gasteiger partial charge in [-0.3, -0.25) is 0 Å². The molecule has 0 unspecified atom stereocenters. The molecular weight excluding hydrogens is 112 g/mol. The largest absolute Gasteiger partial charge is 0.501 e. The molecule has 0 aromatic rings. The summed E-state index contributed by atoms with van der Waals surface area (Å²) in [7, 11) is 0. The normalized spacial score (nSPS) is 28.4. The van der Waals surface area contributed by atoms with Crippen molar-refractivity contribution < 1.29 is 4.74 Å². The Bertz CT molecular complexity index is 127. The van der Waals surface area contributed by atoms with E-state index in [1.165, 1.54) is 0 Å². The van der Waals surface area contributed by atoms with Gasteiger partial charge in [-0.25, -0.2) is 0 Å². The highest BCUT2D eigenvalue weighted by atomic mass is 16.5. The lowest BCUT2D eigenvalue weighted by Gasteiger charge is -1.92. The van der Waals surface area contributed by atoms with Gasteiger partial charge in [-0.05, 0) is 12.5 Å². The van der Waals surface area contributed by atoms with Gasteiger partial charge in [0.2, 0.25) is 0 Å². The van der Waals surface area contributed by atoms with Crippen molar-refractivity contribution in [3.63, 3.8) is 0 Å². The number of allylic oxidation sites excluding steroid dienone is 4. The minimum atomic E-state index is 0.786. The smallest absolute Gasteiger partial charge is 0.0907 e. The topological polar surface area (TPSA) is 9.23 Å². The molecule has 48 valence electrons. The summed E-state index contributed by atoms with van der Waals surface area (Å²) in [6, 6.07) is 0. The van der Waals surface area contributed by atoms with E-state index in [0.717, 1.165) is 13.0 Å². The fourth-order valence-electron chi connectivity index (χ4n) is 0.608. The van der Waals surface area contributed by atoms with Gasteiger partial charge in [-0.2, -0.15) is 0 Å². The van der Waals surface area contributed by atoms with Gasteiger partial charge in [-0.1, -0.05) is 24.3 Å². The molecule has 0 saturated heterocycles. The Morgan fingerprint density at radius 3 is 2.89 bits per heavy atom. The van der Waals surface area contributed by atoms with Crippen LogP contribution in [0.4, 0.5) is 0 Å². The molecule has 0 atom stereocenters. The predicted molar refractivity (Wildman–Crippen MR) is 38.0 cm³/mol. The van der Waals surface area contributed by atoms with Crippen molar-refractivity contribution in [2.45, 2.75) is 6.42 Å². The molecule has 0 N–H and O–H groups in total. The van der Waals surface area contributed by atoms with Crippen molar-refractivity contribution in [3.8, 4) is 0 Å². The van der Waals surface area contributed by atoms with Crippen molar-refractivity contribution >= 4 is 0 Å². The molecule has 0 radical (unpaired) electrons. The molecule has 0 saturated carbocycles. The average molecular weight is 122 g/mol. The van der Waals surface area contributed by atoms with E-state index >= 15 is 0 Å². The van der Waals surface area contributed by atoms with Crippen LogP contribution in [-0.4, -0.2) is 6.61 Å². The molecule has 0 amide bonds. The van der Waals surface area contributed by atoms with Crippen LogP contribution >= 0.6 is 0 Å². The van der Waals surface area contributed by atoms with E-state index in [9.17, 15) is 0 Å². The maximum absolute atomic E-state index is 5.07. The molecule has 0 fully saturated rings. The van der Waals surface area contributed by atoms with Crippen LogP contribution in [0.5, 0.6) is 0 Å². The van der Waals surface area contributed by atoms with Gasteiger partial charge in [0, 0.05) is 0 Å². The molecule has 1 nitrogen and oxygen atoms in total. The van der Waals surface area contributed by atoms with Crippen LogP contribution in [-0.2, 0) is 4.74 Å². The standard InChI is InChI=1S/C8H10O/c1-2-4-6-8-9-7-5-3-1/h1-5,7H,6,8H2/b3-1-,4-2-,7-5-. The monoisotopic (exact) mass is 122 g/mol. The number of rotatable bonds is 0. The number of hydrogen-bond donors (Lipinski definition) is 0. The van der Waals surface area contributed by atoms with Gasteiger partial charge in [0.25, 0.3) is 0 Å². The third kappa shape index (κ3) is 2.75. The van der Waals surface area contributed by atoms with Crippen molar-refractivity contribution in [2.24, 2.45) is 0 Å². The molecule has 1 rings (SSSR count). The fourth-order valence-corrected chi connectivity index (χ4v) is 0.608. The van der Waals surface area contributed by atoms with Crippen LogP contribution in [0.15, 0.2) is 36.6 Å². The van der Waals surface area contributed by atoms with Gasteiger partial charge >= 0.3 is 0 Å². The lowest BCUT2D eigenvalue weighted by molar-refractivity contribution is 0.256. The lowest BCUT2D eigenvalue weighted by atomic mass is 10.4. The average Bonchev–Trinajstić information content (AvgIpc) is 2.00. The third-order valence-electron chi connectivity index (χ3n) is 1.05. The second kappa shape index (κ2) is 3.96. The zero-order chi connectivity index (χ0) is 6.36. The highest BCUT2D eigenvalue weighted by molar-refractivity contribution is 5.10. The first-order chi connectivity index (χ1) is 4.50. The van der Waals surface area contributed by atoms with Gasteiger partial charge in [0.05, 0.1) is 12.9 Å². The van der Waals surface area contributed by atoms with Crippen LogP contribution in [0.1, 0.15) is 6.42 Å². The summed E-state index contributed by atoms with van der Waals surface area (Å²) in [5.74, 6) is 0. The molecular formula is C8H10O. The van der Waals surface area contributed by atoms with Gasteiger partial charge in [-0.15, -0.1) is 0 Å². The van der Waals surface area contributed by atoms with E-state index in [1.807, 2.05) is 24.3 Å². The van der Waals surface area contributed by atoms with Crippen LogP contribution in [0.2, 0.25) is 0 Å². The molecule has 0 aliphatic carbocycles. The second-order valence-electron chi connectivity index (χ2n) is 1.80. The Morgan fingerprint density at radius 2 is 1.89 bits per heavy atom. The minimum Gasteiger partial charge on any atom is -0.501 e. The first kappa shape index (κ1) is 6.14. The number of ether oxygens (including phenoxy) is 1.